The van der Waals surface area contributed by atoms with E-state index in [1.165, 1.54) is 12.1 Å². The summed E-state index contributed by atoms with van der Waals surface area (Å²) in [7, 11) is 1.96. The summed E-state index contributed by atoms with van der Waals surface area (Å²) in [5.41, 5.74) is 6.82. The molecule has 1 aromatic rings. The Hall–Kier alpha value is -0.990. The van der Waals surface area contributed by atoms with E-state index in [-0.39, 0.29) is 0 Å². The molecule has 0 unspecified atom stereocenters. The topological polar surface area (TPSA) is 43.8 Å². The Kier molecular flexibility index (Phi) is 2.74. The number of anilines is 1. The number of hydrogen-bond acceptors (Lipinski definition) is 2. The molecule has 0 atom stereocenters. The molecule has 3 heteroatoms. The van der Waals surface area contributed by atoms with E-state index in [9.17, 15) is 0 Å². The summed E-state index contributed by atoms with van der Waals surface area (Å²) in [6.45, 7) is 4.44. The molecule has 0 spiro atoms. The molecule has 0 radical (unpaired) electrons. The van der Waals surface area contributed by atoms with Crippen LogP contribution in [0.4, 0.5) is 5.95 Å². The fraction of sp³-hybridized carbons (Fsp3) is 0.667. The van der Waals surface area contributed by atoms with Gasteiger partial charge < -0.3 is 10.3 Å². The zero-order chi connectivity index (χ0) is 9.14. The standard InChI is InChI=1S/C9H17N3/c1-7(2)4-5-8-6-11-9(10)12(8)3/h6-7H,4-5H2,1-3H3,(H2,10,11). The number of rotatable bonds is 3. The summed E-state index contributed by atoms with van der Waals surface area (Å²) in [5.74, 6) is 1.34. The van der Waals surface area contributed by atoms with Crippen LogP contribution in [0.3, 0.4) is 0 Å². The lowest BCUT2D eigenvalue weighted by atomic mass is 10.1. The molecule has 2 N–H and O–H groups in total. The van der Waals surface area contributed by atoms with Gasteiger partial charge in [-0.2, -0.15) is 0 Å². The van der Waals surface area contributed by atoms with Crippen molar-refractivity contribution in [2.24, 2.45) is 13.0 Å². The molecule has 1 rings (SSSR count). The van der Waals surface area contributed by atoms with Crippen LogP contribution in [0, 0.1) is 5.92 Å². The van der Waals surface area contributed by atoms with Gasteiger partial charge in [0.15, 0.2) is 5.95 Å². The Morgan fingerprint density at radius 3 is 2.67 bits per heavy atom. The first-order chi connectivity index (χ1) is 5.61. The summed E-state index contributed by atoms with van der Waals surface area (Å²) >= 11 is 0. The normalized spacial score (nSPS) is 11.0. The number of hydrogen-bond donors (Lipinski definition) is 1. The van der Waals surface area contributed by atoms with E-state index in [4.69, 9.17) is 5.73 Å². The highest BCUT2D eigenvalue weighted by Crippen LogP contribution is 2.10. The zero-order valence-electron chi connectivity index (χ0n) is 8.04. The first-order valence-electron chi connectivity index (χ1n) is 4.37. The zero-order valence-corrected chi connectivity index (χ0v) is 8.04. The van der Waals surface area contributed by atoms with Gasteiger partial charge in [0.05, 0.1) is 6.20 Å². The predicted octanol–water partition coefficient (Wildman–Crippen LogP) is 1.59. The van der Waals surface area contributed by atoms with E-state index in [1.54, 1.807) is 0 Å². The Morgan fingerprint density at radius 2 is 2.25 bits per heavy atom. The minimum absolute atomic E-state index is 0.605. The third kappa shape index (κ3) is 2.00. The molecule has 0 aromatic carbocycles. The van der Waals surface area contributed by atoms with Gasteiger partial charge in [-0.05, 0) is 18.8 Å². The van der Waals surface area contributed by atoms with Crippen LogP contribution in [-0.2, 0) is 13.5 Å². The van der Waals surface area contributed by atoms with E-state index in [2.05, 4.69) is 18.8 Å². The van der Waals surface area contributed by atoms with Crippen molar-refractivity contribution in [3.63, 3.8) is 0 Å². The number of nitrogens with two attached hydrogens (primary N) is 1. The second-order valence-corrected chi connectivity index (χ2v) is 3.60. The SMILES string of the molecule is CC(C)CCc1cnc(N)n1C. The first-order valence-corrected chi connectivity index (χ1v) is 4.37. The van der Waals surface area contributed by atoms with Gasteiger partial charge in [0.1, 0.15) is 0 Å². The highest BCUT2D eigenvalue weighted by Gasteiger charge is 2.03. The largest absolute Gasteiger partial charge is 0.369 e. The van der Waals surface area contributed by atoms with Crippen molar-refractivity contribution in [3.05, 3.63) is 11.9 Å². The third-order valence-electron chi connectivity index (χ3n) is 2.10. The Balaban J connectivity index is 2.58. The molecule has 0 aliphatic heterocycles. The van der Waals surface area contributed by atoms with Crippen molar-refractivity contribution in [2.45, 2.75) is 26.7 Å². The Bertz CT molecular complexity index is 250. The number of imidazole rings is 1. The number of nitrogen functional groups attached to an aromatic ring is 1. The highest BCUT2D eigenvalue weighted by molar-refractivity contribution is 5.21. The molecule has 0 aliphatic carbocycles. The number of nitrogens with zero attached hydrogens (tertiary/aromatic N) is 2. The Morgan fingerprint density at radius 1 is 1.58 bits per heavy atom. The molecule has 0 fully saturated rings. The summed E-state index contributed by atoms with van der Waals surface area (Å²) in [5, 5.41) is 0. The van der Waals surface area contributed by atoms with Gasteiger partial charge in [0.25, 0.3) is 0 Å². The maximum absolute atomic E-state index is 5.60. The molecule has 1 heterocycles. The fourth-order valence-corrected chi connectivity index (χ4v) is 1.13. The van der Waals surface area contributed by atoms with Crippen molar-refractivity contribution in [1.82, 2.24) is 9.55 Å². The summed E-state index contributed by atoms with van der Waals surface area (Å²) < 4.78 is 1.95. The minimum Gasteiger partial charge on any atom is -0.369 e. The van der Waals surface area contributed by atoms with Crippen LogP contribution in [0.2, 0.25) is 0 Å². The van der Waals surface area contributed by atoms with Gasteiger partial charge >= 0.3 is 0 Å². The molecule has 0 saturated heterocycles. The van der Waals surface area contributed by atoms with Crippen LogP contribution in [0.5, 0.6) is 0 Å². The lowest BCUT2D eigenvalue weighted by Crippen LogP contribution is -2.02. The molecule has 0 amide bonds. The molecule has 1 aromatic heterocycles. The van der Waals surface area contributed by atoms with Gasteiger partial charge in [0, 0.05) is 12.7 Å². The predicted molar refractivity (Wildman–Crippen MR) is 50.8 cm³/mol. The van der Waals surface area contributed by atoms with Crippen LogP contribution in [0.15, 0.2) is 6.20 Å². The van der Waals surface area contributed by atoms with Crippen LogP contribution in [-0.4, -0.2) is 9.55 Å². The summed E-state index contributed by atoms with van der Waals surface area (Å²) in [6, 6.07) is 0. The average Bonchev–Trinajstić information content (AvgIpc) is 2.30. The van der Waals surface area contributed by atoms with Crippen molar-refractivity contribution >= 4 is 5.95 Å². The quantitative estimate of drug-likeness (QED) is 0.743. The van der Waals surface area contributed by atoms with Gasteiger partial charge in [-0.25, -0.2) is 4.98 Å². The second-order valence-electron chi connectivity index (χ2n) is 3.60. The highest BCUT2D eigenvalue weighted by atomic mass is 15.1. The maximum atomic E-state index is 5.60. The summed E-state index contributed by atoms with van der Waals surface area (Å²) in [4.78, 5) is 4.03. The minimum atomic E-state index is 0.605. The van der Waals surface area contributed by atoms with E-state index in [0.29, 0.717) is 5.95 Å². The van der Waals surface area contributed by atoms with Gasteiger partial charge in [-0.3, -0.25) is 0 Å². The van der Waals surface area contributed by atoms with Crippen molar-refractivity contribution in [2.75, 3.05) is 5.73 Å². The van der Waals surface area contributed by atoms with E-state index >= 15 is 0 Å². The van der Waals surface area contributed by atoms with Crippen molar-refractivity contribution < 1.29 is 0 Å². The lowest BCUT2D eigenvalue weighted by molar-refractivity contribution is 0.574. The summed E-state index contributed by atoms with van der Waals surface area (Å²) in [6.07, 6.45) is 4.12. The smallest absolute Gasteiger partial charge is 0.200 e. The van der Waals surface area contributed by atoms with Crippen LogP contribution < -0.4 is 5.73 Å². The van der Waals surface area contributed by atoms with Gasteiger partial charge in [-0.1, -0.05) is 13.8 Å². The monoisotopic (exact) mass is 167 g/mol. The maximum Gasteiger partial charge on any atom is 0.200 e. The van der Waals surface area contributed by atoms with Crippen LogP contribution in [0.1, 0.15) is 26.0 Å². The molecule has 0 saturated carbocycles. The van der Waals surface area contributed by atoms with Gasteiger partial charge in [0.2, 0.25) is 0 Å². The fourth-order valence-electron chi connectivity index (χ4n) is 1.13. The molecular weight excluding hydrogens is 150 g/mol. The van der Waals surface area contributed by atoms with E-state index in [0.717, 1.165) is 12.3 Å². The molecule has 0 aliphatic rings. The third-order valence-corrected chi connectivity index (χ3v) is 2.10. The number of aryl methyl sites for hydroxylation is 1. The molecule has 68 valence electrons. The van der Waals surface area contributed by atoms with Crippen molar-refractivity contribution in [1.29, 1.82) is 0 Å². The van der Waals surface area contributed by atoms with Crippen LogP contribution in [0.25, 0.3) is 0 Å². The lowest BCUT2D eigenvalue weighted by Gasteiger charge is -2.05. The van der Waals surface area contributed by atoms with E-state index in [1.807, 2.05) is 17.8 Å². The average molecular weight is 167 g/mol. The molecular formula is C9H17N3. The molecule has 3 nitrogen and oxygen atoms in total. The molecule has 0 bridgehead atoms. The van der Waals surface area contributed by atoms with Gasteiger partial charge in [-0.15, -0.1) is 0 Å². The van der Waals surface area contributed by atoms with Crippen molar-refractivity contribution in [3.8, 4) is 0 Å². The first kappa shape index (κ1) is 9.10. The van der Waals surface area contributed by atoms with E-state index < -0.39 is 0 Å². The molecule has 12 heavy (non-hydrogen) atoms. The van der Waals surface area contributed by atoms with Crippen LogP contribution >= 0.6 is 0 Å². The second kappa shape index (κ2) is 3.61. The Labute approximate surface area is 73.6 Å². The number of aromatic nitrogens is 2.